The lowest BCUT2D eigenvalue weighted by molar-refractivity contribution is 0.0698. The van der Waals surface area contributed by atoms with Crippen LogP contribution >= 0.6 is 0 Å². The van der Waals surface area contributed by atoms with Crippen LogP contribution in [-0.4, -0.2) is 65.5 Å². The van der Waals surface area contributed by atoms with Crippen molar-refractivity contribution in [1.82, 2.24) is 14.4 Å². The van der Waals surface area contributed by atoms with Gasteiger partial charge >= 0.3 is 0 Å². The average molecular weight is 589 g/mol. The molecule has 1 aromatic heterocycles. The highest BCUT2D eigenvalue weighted by Gasteiger charge is 2.34. The van der Waals surface area contributed by atoms with Crippen molar-refractivity contribution >= 4 is 17.5 Å². The van der Waals surface area contributed by atoms with Crippen molar-refractivity contribution in [2.24, 2.45) is 0 Å². The zero-order valence-corrected chi connectivity index (χ0v) is 25.7. The van der Waals surface area contributed by atoms with Gasteiger partial charge in [0, 0.05) is 36.1 Å². The first-order chi connectivity index (χ1) is 21.5. The third kappa shape index (κ3) is 5.30. The van der Waals surface area contributed by atoms with Gasteiger partial charge in [-0.25, -0.2) is 0 Å². The number of hydrogen-bond donors (Lipinski definition) is 0. The maximum atomic E-state index is 14.2. The molecular formula is C37H40N4O3. The molecule has 3 aromatic carbocycles. The topological polar surface area (TPSA) is 58.0 Å². The molecule has 0 saturated carbocycles. The van der Waals surface area contributed by atoms with Gasteiger partial charge in [0.15, 0.2) is 0 Å². The van der Waals surface area contributed by atoms with Crippen molar-refractivity contribution in [2.45, 2.75) is 51.7 Å². The third-order valence-electron chi connectivity index (χ3n) is 9.63. The molecule has 2 saturated heterocycles. The summed E-state index contributed by atoms with van der Waals surface area (Å²) >= 11 is 0. The van der Waals surface area contributed by atoms with Gasteiger partial charge in [0.1, 0.15) is 11.4 Å². The van der Waals surface area contributed by atoms with E-state index < -0.39 is 0 Å². The average Bonchev–Trinajstić information content (AvgIpc) is 3.80. The number of ether oxygens (including phenoxy) is 1. The first-order valence-electron chi connectivity index (χ1n) is 15.9. The summed E-state index contributed by atoms with van der Waals surface area (Å²) in [5.41, 5.74) is 7.40. The molecule has 2 fully saturated rings. The maximum absolute atomic E-state index is 14.2. The number of aromatic nitrogens is 1. The quantitative estimate of drug-likeness (QED) is 0.262. The highest BCUT2D eigenvalue weighted by atomic mass is 16.5. The smallest absolute Gasteiger partial charge is 0.270 e. The van der Waals surface area contributed by atoms with Crippen LogP contribution in [0.15, 0.2) is 78.9 Å². The molecule has 226 valence electrons. The van der Waals surface area contributed by atoms with E-state index in [-0.39, 0.29) is 17.9 Å². The molecule has 3 aliphatic rings. The number of para-hydroxylation sites is 1. The van der Waals surface area contributed by atoms with Gasteiger partial charge in [-0.15, -0.1) is 0 Å². The summed E-state index contributed by atoms with van der Waals surface area (Å²) in [6.45, 7) is 7.07. The van der Waals surface area contributed by atoms with Gasteiger partial charge < -0.3 is 24.0 Å². The summed E-state index contributed by atoms with van der Waals surface area (Å²) in [7, 11) is 1.67. The van der Waals surface area contributed by atoms with E-state index in [2.05, 4.69) is 26.5 Å². The minimum absolute atomic E-state index is 0.0505. The van der Waals surface area contributed by atoms with Crippen molar-refractivity contribution in [1.29, 1.82) is 0 Å². The first kappa shape index (κ1) is 28.4. The molecule has 0 N–H and O–H groups in total. The molecular weight excluding hydrogens is 548 g/mol. The Kier molecular flexibility index (Phi) is 7.73. The van der Waals surface area contributed by atoms with E-state index in [1.165, 1.54) is 12.8 Å². The second-order valence-electron chi connectivity index (χ2n) is 12.4. The number of fused-ring (bicyclic) bond motifs is 2. The van der Waals surface area contributed by atoms with Gasteiger partial charge in [-0.1, -0.05) is 36.4 Å². The van der Waals surface area contributed by atoms with Gasteiger partial charge in [-0.2, -0.15) is 0 Å². The SMILES string of the molecule is COc1cccc(-c2ccc(C(=O)N3Cc4ccc(C(=O)N5CCC[C@H]5CN5CCCC5)n4Cc4ccccc43)cc2C)c1. The predicted molar refractivity (Wildman–Crippen MR) is 173 cm³/mol. The Balaban J connectivity index is 1.17. The van der Waals surface area contributed by atoms with Crippen LogP contribution in [0.3, 0.4) is 0 Å². The molecule has 7 nitrogen and oxygen atoms in total. The van der Waals surface area contributed by atoms with E-state index in [9.17, 15) is 9.59 Å². The molecule has 1 atom stereocenters. The van der Waals surface area contributed by atoms with Crippen LogP contribution in [0.4, 0.5) is 5.69 Å². The molecule has 44 heavy (non-hydrogen) atoms. The minimum Gasteiger partial charge on any atom is -0.497 e. The molecule has 4 aromatic rings. The number of aryl methyl sites for hydroxylation is 1. The standard InChI is InChI=1S/C37H40N4O3/c1-26-21-28(14-16-33(26)27-10-7-12-32(22-27)44-2)36(42)41-25-31-15-17-35(40(31)23-29-9-3-4-13-34(29)41)37(43)39-20-8-11-30(39)24-38-18-5-6-19-38/h3-4,7,9-10,12-17,21-22,30H,5-6,8,11,18-20,23-25H2,1-2H3/t30-/m0/s1. The summed E-state index contributed by atoms with van der Waals surface area (Å²) in [4.78, 5) is 34.7. The second kappa shape index (κ2) is 12.0. The number of rotatable bonds is 6. The van der Waals surface area contributed by atoms with Crippen molar-refractivity contribution in [3.8, 4) is 16.9 Å². The fourth-order valence-corrected chi connectivity index (χ4v) is 7.30. The van der Waals surface area contributed by atoms with E-state index in [0.717, 1.165) is 84.1 Å². The van der Waals surface area contributed by atoms with Crippen LogP contribution in [0.25, 0.3) is 11.1 Å². The first-order valence-corrected chi connectivity index (χ1v) is 15.9. The molecule has 3 aliphatic heterocycles. The highest BCUT2D eigenvalue weighted by Crippen LogP contribution is 2.33. The number of anilines is 1. The number of nitrogens with zero attached hydrogens (tertiary/aromatic N) is 4. The molecule has 7 heteroatoms. The number of benzene rings is 3. The third-order valence-corrected chi connectivity index (χ3v) is 9.63. The van der Waals surface area contributed by atoms with Crippen LogP contribution in [0.2, 0.25) is 0 Å². The maximum Gasteiger partial charge on any atom is 0.270 e. The van der Waals surface area contributed by atoms with Gasteiger partial charge in [0.25, 0.3) is 11.8 Å². The van der Waals surface area contributed by atoms with Gasteiger partial charge in [0.2, 0.25) is 0 Å². The zero-order valence-electron chi connectivity index (χ0n) is 25.7. The van der Waals surface area contributed by atoms with Crippen LogP contribution in [0.1, 0.15) is 63.4 Å². The zero-order chi connectivity index (χ0) is 30.2. The van der Waals surface area contributed by atoms with E-state index in [4.69, 9.17) is 4.74 Å². The molecule has 0 spiro atoms. The Hall–Kier alpha value is -4.36. The molecule has 2 amide bonds. The summed E-state index contributed by atoms with van der Waals surface area (Å²) < 4.78 is 7.56. The van der Waals surface area contributed by atoms with Crippen molar-refractivity contribution in [3.63, 3.8) is 0 Å². The van der Waals surface area contributed by atoms with Crippen molar-refractivity contribution in [3.05, 3.63) is 107 Å². The second-order valence-corrected chi connectivity index (χ2v) is 12.4. The van der Waals surface area contributed by atoms with Gasteiger partial charge in [-0.3, -0.25) is 9.59 Å². The van der Waals surface area contributed by atoms with Crippen molar-refractivity contribution in [2.75, 3.05) is 38.2 Å². The Morgan fingerprint density at radius 2 is 1.68 bits per heavy atom. The van der Waals surface area contributed by atoms with E-state index >= 15 is 0 Å². The summed E-state index contributed by atoms with van der Waals surface area (Å²) in [5.74, 6) is 0.861. The van der Waals surface area contributed by atoms with E-state index in [1.54, 1.807) is 7.11 Å². The number of likely N-dealkylation sites (tertiary alicyclic amines) is 2. The van der Waals surface area contributed by atoms with Crippen LogP contribution < -0.4 is 9.64 Å². The molecule has 0 bridgehead atoms. The number of carbonyl (C=O) groups is 2. The van der Waals surface area contributed by atoms with Crippen LogP contribution in [-0.2, 0) is 13.1 Å². The minimum atomic E-state index is -0.0505. The van der Waals surface area contributed by atoms with Crippen molar-refractivity contribution < 1.29 is 14.3 Å². The Bertz CT molecular complexity index is 1700. The number of carbonyl (C=O) groups excluding carboxylic acids is 2. The summed E-state index contributed by atoms with van der Waals surface area (Å²) in [6, 6.07) is 26.2. The molecule has 0 radical (unpaired) electrons. The van der Waals surface area contributed by atoms with Gasteiger partial charge in [-0.05, 0) is 110 Å². The Morgan fingerprint density at radius 1 is 0.841 bits per heavy atom. The lowest BCUT2D eigenvalue weighted by atomic mass is 9.97. The normalized spacial score (nSPS) is 18.2. The molecule has 0 unspecified atom stereocenters. The fraction of sp³-hybridized carbons (Fsp3) is 0.351. The van der Waals surface area contributed by atoms with E-state index in [0.29, 0.717) is 18.7 Å². The predicted octanol–water partition coefficient (Wildman–Crippen LogP) is 6.38. The number of amides is 2. The fourth-order valence-electron chi connectivity index (χ4n) is 7.30. The van der Waals surface area contributed by atoms with Crippen LogP contribution in [0, 0.1) is 6.92 Å². The Labute approximate surface area is 259 Å². The lowest BCUT2D eigenvalue weighted by Crippen LogP contribution is -2.43. The molecule has 7 rings (SSSR count). The summed E-state index contributed by atoms with van der Waals surface area (Å²) in [6.07, 6.45) is 4.64. The van der Waals surface area contributed by atoms with Gasteiger partial charge in [0.05, 0.1) is 20.2 Å². The number of hydrogen-bond acceptors (Lipinski definition) is 4. The summed E-state index contributed by atoms with van der Waals surface area (Å²) in [5, 5.41) is 0. The lowest BCUT2D eigenvalue weighted by Gasteiger charge is -2.29. The van der Waals surface area contributed by atoms with E-state index in [1.807, 2.05) is 78.6 Å². The molecule has 4 heterocycles. The Morgan fingerprint density at radius 3 is 2.50 bits per heavy atom. The number of methoxy groups -OCH3 is 1. The highest BCUT2D eigenvalue weighted by molar-refractivity contribution is 6.07. The largest absolute Gasteiger partial charge is 0.497 e. The monoisotopic (exact) mass is 588 g/mol. The van der Waals surface area contributed by atoms with Crippen LogP contribution in [0.5, 0.6) is 5.75 Å². The molecule has 0 aliphatic carbocycles.